The predicted octanol–water partition coefficient (Wildman–Crippen LogP) is 4.79. The number of aryl methyl sites for hydroxylation is 1. The van der Waals surface area contributed by atoms with Gasteiger partial charge in [-0.05, 0) is 81.4 Å². The van der Waals surface area contributed by atoms with Crippen LogP contribution in [0.3, 0.4) is 0 Å². The number of anilines is 1. The normalized spacial score (nSPS) is 19.4. The van der Waals surface area contributed by atoms with Crippen LogP contribution in [0.25, 0.3) is 0 Å². The van der Waals surface area contributed by atoms with Gasteiger partial charge in [0.15, 0.2) is 0 Å². The van der Waals surface area contributed by atoms with Gasteiger partial charge in [-0.25, -0.2) is 0 Å². The van der Waals surface area contributed by atoms with Gasteiger partial charge in [0.25, 0.3) is 0 Å². The molecule has 2 saturated heterocycles. The van der Waals surface area contributed by atoms with E-state index in [-0.39, 0.29) is 5.91 Å². The molecule has 2 aromatic carbocycles. The quantitative estimate of drug-likeness (QED) is 0.678. The van der Waals surface area contributed by atoms with Crippen LogP contribution in [0.1, 0.15) is 43.7 Å². The molecule has 0 aliphatic carbocycles. The van der Waals surface area contributed by atoms with Crippen LogP contribution in [-0.2, 0) is 14.9 Å². The number of carbonyl (C=O) groups excluding carboxylic acids is 1. The number of rotatable bonds is 7. The third kappa shape index (κ3) is 5.51. The molecule has 0 unspecified atom stereocenters. The molecule has 5 heteroatoms. The highest BCUT2D eigenvalue weighted by Gasteiger charge is 2.41. The lowest BCUT2D eigenvalue weighted by Gasteiger charge is -2.36. The Kier molecular flexibility index (Phi) is 7.48. The minimum Gasteiger partial charge on any atom is -0.492 e. The Hall–Kier alpha value is -2.37. The molecule has 0 radical (unpaired) electrons. The summed E-state index contributed by atoms with van der Waals surface area (Å²) in [6, 6.07) is 16.1. The first-order chi connectivity index (χ1) is 15.5. The molecule has 2 aromatic rings. The molecule has 172 valence electrons. The van der Waals surface area contributed by atoms with Crippen LogP contribution < -0.4 is 10.1 Å². The summed E-state index contributed by atoms with van der Waals surface area (Å²) in [5.41, 5.74) is 2.51. The van der Waals surface area contributed by atoms with Crippen molar-refractivity contribution >= 4 is 11.6 Å². The molecular formula is C27H36N2O3. The average molecular weight is 437 g/mol. The number of amides is 1. The average Bonchev–Trinajstić information content (AvgIpc) is 2.82. The van der Waals surface area contributed by atoms with Crippen molar-refractivity contribution < 1.29 is 14.3 Å². The second-order valence-corrected chi connectivity index (χ2v) is 9.41. The first-order valence-electron chi connectivity index (χ1n) is 12.0. The van der Waals surface area contributed by atoms with E-state index in [1.54, 1.807) is 0 Å². The molecule has 2 heterocycles. The van der Waals surface area contributed by atoms with Crippen LogP contribution in [0.4, 0.5) is 5.69 Å². The van der Waals surface area contributed by atoms with Crippen molar-refractivity contribution in [3.05, 3.63) is 59.7 Å². The maximum atomic E-state index is 13.4. The van der Waals surface area contributed by atoms with Crippen molar-refractivity contribution in [3.8, 4) is 5.75 Å². The third-order valence-corrected chi connectivity index (χ3v) is 7.05. The number of piperidine rings is 1. The van der Waals surface area contributed by atoms with Crippen molar-refractivity contribution in [1.82, 2.24) is 4.90 Å². The van der Waals surface area contributed by atoms with Crippen LogP contribution in [0.5, 0.6) is 5.75 Å². The fourth-order valence-corrected chi connectivity index (χ4v) is 4.70. The Morgan fingerprint density at radius 1 is 1.06 bits per heavy atom. The van der Waals surface area contributed by atoms with Crippen LogP contribution in [0.15, 0.2) is 48.5 Å². The van der Waals surface area contributed by atoms with Crippen molar-refractivity contribution in [2.45, 2.75) is 44.9 Å². The van der Waals surface area contributed by atoms with E-state index >= 15 is 0 Å². The predicted molar refractivity (Wildman–Crippen MR) is 128 cm³/mol. The molecule has 0 bridgehead atoms. The summed E-state index contributed by atoms with van der Waals surface area (Å²) >= 11 is 0. The molecule has 5 nitrogen and oxygen atoms in total. The van der Waals surface area contributed by atoms with Gasteiger partial charge < -0.3 is 14.8 Å². The number of ether oxygens (including phenoxy) is 2. The van der Waals surface area contributed by atoms with Gasteiger partial charge >= 0.3 is 0 Å². The first-order valence-corrected chi connectivity index (χ1v) is 12.0. The van der Waals surface area contributed by atoms with Gasteiger partial charge in [-0.2, -0.15) is 0 Å². The number of benzene rings is 2. The standard InChI is InChI=1S/C27H36N2O3/c1-21-3-5-23(6-4-21)27(13-18-31-19-14-27)26(30)28-24-7-9-25(10-8-24)32-20-17-29-15-11-22(2)12-16-29/h3-10,22H,11-20H2,1-2H3,(H,28,30). The van der Waals surface area contributed by atoms with E-state index in [0.717, 1.165) is 29.5 Å². The number of nitrogens with zero attached hydrogens (tertiary/aromatic N) is 1. The van der Waals surface area contributed by atoms with E-state index in [0.29, 0.717) is 32.7 Å². The highest BCUT2D eigenvalue weighted by Crippen LogP contribution is 2.36. The molecule has 0 atom stereocenters. The highest BCUT2D eigenvalue weighted by molar-refractivity contribution is 5.99. The Morgan fingerprint density at radius 3 is 2.38 bits per heavy atom. The molecule has 1 N–H and O–H groups in total. The molecule has 4 rings (SSSR count). The molecule has 0 spiro atoms. The number of carbonyl (C=O) groups is 1. The zero-order valence-electron chi connectivity index (χ0n) is 19.4. The van der Waals surface area contributed by atoms with Gasteiger partial charge in [-0.15, -0.1) is 0 Å². The fraction of sp³-hybridized carbons (Fsp3) is 0.519. The summed E-state index contributed by atoms with van der Waals surface area (Å²) in [5, 5.41) is 3.15. The van der Waals surface area contributed by atoms with Crippen molar-refractivity contribution in [2.24, 2.45) is 5.92 Å². The summed E-state index contributed by atoms with van der Waals surface area (Å²) in [5.74, 6) is 1.73. The molecule has 32 heavy (non-hydrogen) atoms. The minimum atomic E-state index is -0.549. The zero-order valence-corrected chi connectivity index (χ0v) is 19.4. The number of likely N-dealkylation sites (tertiary alicyclic amines) is 1. The second-order valence-electron chi connectivity index (χ2n) is 9.41. The molecule has 0 aromatic heterocycles. The topological polar surface area (TPSA) is 50.8 Å². The van der Waals surface area contributed by atoms with Gasteiger partial charge in [0.2, 0.25) is 5.91 Å². The monoisotopic (exact) mass is 436 g/mol. The Bertz CT molecular complexity index is 865. The van der Waals surface area contributed by atoms with Crippen molar-refractivity contribution in [3.63, 3.8) is 0 Å². The van der Waals surface area contributed by atoms with Gasteiger partial charge in [-0.3, -0.25) is 9.69 Å². The fourth-order valence-electron chi connectivity index (χ4n) is 4.70. The van der Waals surface area contributed by atoms with Gasteiger partial charge in [0, 0.05) is 25.4 Å². The third-order valence-electron chi connectivity index (χ3n) is 7.05. The Morgan fingerprint density at radius 2 is 1.72 bits per heavy atom. The molecule has 1 amide bonds. The Labute approximate surface area is 192 Å². The summed E-state index contributed by atoms with van der Waals surface area (Å²) in [6.45, 7) is 9.60. The zero-order chi connectivity index (χ0) is 22.4. The van der Waals surface area contributed by atoms with E-state index in [1.165, 1.54) is 31.5 Å². The van der Waals surface area contributed by atoms with E-state index in [9.17, 15) is 4.79 Å². The van der Waals surface area contributed by atoms with Crippen LogP contribution in [0.2, 0.25) is 0 Å². The SMILES string of the molecule is Cc1ccc(C2(C(=O)Nc3ccc(OCCN4CCC(C)CC4)cc3)CCOCC2)cc1. The minimum absolute atomic E-state index is 0.0395. The van der Waals surface area contributed by atoms with Gasteiger partial charge in [0.1, 0.15) is 12.4 Å². The van der Waals surface area contributed by atoms with E-state index in [4.69, 9.17) is 9.47 Å². The largest absolute Gasteiger partial charge is 0.492 e. The van der Waals surface area contributed by atoms with Crippen LogP contribution in [-0.4, -0.2) is 50.3 Å². The number of nitrogens with one attached hydrogen (secondary N) is 1. The maximum absolute atomic E-state index is 13.4. The lowest BCUT2D eigenvalue weighted by atomic mass is 9.73. The Balaban J connectivity index is 1.34. The van der Waals surface area contributed by atoms with E-state index in [1.807, 2.05) is 24.3 Å². The number of hydrogen-bond acceptors (Lipinski definition) is 4. The molecule has 2 fully saturated rings. The summed E-state index contributed by atoms with van der Waals surface area (Å²) in [7, 11) is 0. The lowest BCUT2D eigenvalue weighted by molar-refractivity contribution is -0.125. The second kappa shape index (κ2) is 10.5. The maximum Gasteiger partial charge on any atom is 0.235 e. The molecule has 2 aliphatic heterocycles. The van der Waals surface area contributed by atoms with Crippen LogP contribution in [0, 0.1) is 12.8 Å². The smallest absolute Gasteiger partial charge is 0.235 e. The van der Waals surface area contributed by atoms with E-state index in [2.05, 4.69) is 48.3 Å². The van der Waals surface area contributed by atoms with Gasteiger partial charge in [0.05, 0.1) is 5.41 Å². The molecular weight excluding hydrogens is 400 g/mol. The first kappa shape index (κ1) is 22.8. The van der Waals surface area contributed by atoms with Crippen LogP contribution >= 0.6 is 0 Å². The van der Waals surface area contributed by atoms with E-state index < -0.39 is 5.41 Å². The summed E-state index contributed by atoms with van der Waals surface area (Å²) in [4.78, 5) is 15.9. The van der Waals surface area contributed by atoms with Gasteiger partial charge in [-0.1, -0.05) is 36.8 Å². The number of hydrogen-bond donors (Lipinski definition) is 1. The van der Waals surface area contributed by atoms with Crippen molar-refractivity contribution in [1.29, 1.82) is 0 Å². The van der Waals surface area contributed by atoms with Crippen molar-refractivity contribution in [2.75, 3.05) is 44.8 Å². The lowest BCUT2D eigenvalue weighted by Crippen LogP contribution is -2.44. The molecule has 0 saturated carbocycles. The highest BCUT2D eigenvalue weighted by atomic mass is 16.5. The molecule has 2 aliphatic rings. The summed E-state index contributed by atoms with van der Waals surface area (Å²) < 4.78 is 11.5. The summed E-state index contributed by atoms with van der Waals surface area (Å²) in [6.07, 6.45) is 3.95.